The van der Waals surface area contributed by atoms with E-state index >= 15 is 0 Å². The van der Waals surface area contributed by atoms with E-state index in [0.29, 0.717) is 0 Å². The van der Waals surface area contributed by atoms with Crippen molar-refractivity contribution in [2.45, 2.75) is 32.3 Å². The normalized spacial score (nSPS) is 29.3. The molecule has 1 atom stereocenters. The predicted molar refractivity (Wildman–Crippen MR) is 43.4 cm³/mol. The van der Waals surface area contributed by atoms with Gasteiger partial charge in [0.1, 0.15) is 0 Å². The molecule has 0 bridgehead atoms. The average molecular weight is 154 g/mol. The molecule has 62 valence electrons. The SMILES string of the molecule is CC(=O)/C=C/CCC1(C)CO1. The summed E-state index contributed by atoms with van der Waals surface area (Å²) in [5.41, 5.74) is 0.126. The highest BCUT2D eigenvalue weighted by Crippen LogP contribution is 2.30. The number of rotatable bonds is 4. The standard InChI is InChI=1S/C9H14O2/c1-8(10)5-3-4-6-9(2)7-11-9/h3,5H,4,6-7H2,1-2H3/b5-3+. The average Bonchev–Trinajstić information content (AvgIpc) is 2.62. The number of ether oxygens (including phenoxy) is 1. The summed E-state index contributed by atoms with van der Waals surface area (Å²) in [7, 11) is 0. The maximum Gasteiger partial charge on any atom is 0.152 e. The lowest BCUT2D eigenvalue weighted by molar-refractivity contribution is -0.112. The molecule has 1 unspecified atom stereocenters. The molecule has 0 amide bonds. The van der Waals surface area contributed by atoms with Gasteiger partial charge in [0, 0.05) is 0 Å². The topological polar surface area (TPSA) is 29.6 Å². The molecule has 0 aromatic heterocycles. The summed E-state index contributed by atoms with van der Waals surface area (Å²) in [6, 6.07) is 0. The Hall–Kier alpha value is -0.630. The molecular weight excluding hydrogens is 140 g/mol. The molecule has 0 aromatic carbocycles. The minimum atomic E-state index is 0.117. The third-order valence-electron chi connectivity index (χ3n) is 1.83. The van der Waals surface area contributed by atoms with Crippen LogP contribution in [0, 0.1) is 0 Å². The third kappa shape index (κ3) is 3.33. The summed E-state index contributed by atoms with van der Waals surface area (Å²) in [5, 5.41) is 0. The van der Waals surface area contributed by atoms with Crippen LogP contribution in [0.15, 0.2) is 12.2 Å². The van der Waals surface area contributed by atoms with Crippen molar-refractivity contribution in [1.29, 1.82) is 0 Å². The highest BCUT2D eigenvalue weighted by Gasteiger charge is 2.37. The maximum absolute atomic E-state index is 10.5. The fourth-order valence-electron chi connectivity index (χ4n) is 0.905. The lowest BCUT2D eigenvalue weighted by atomic mass is 10.1. The van der Waals surface area contributed by atoms with E-state index in [2.05, 4.69) is 6.92 Å². The minimum absolute atomic E-state index is 0.117. The summed E-state index contributed by atoms with van der Waals surface area (Å²) in [4.78, 5) is 10.5. The van der Waals surface area contributed by atoms with Gasteiger partial charge in [-0.15, -0.1) is 0 Å². The Labute approximate surface area is 67.2 Å². The number of hydrogen-bond acceptors (Lipinski definition) is 2. The number of carbonyl (C=O) groups is 1. The van der Waals surface area contributed by atoms with E-state index in [-0.39, 0.29) is 11.4 Å². The molecule has 11 heavy (non-hydrogen) atoms. The van der Waals surface area contributed by atoms with E-state index in [0.717, 1.165) is 19.4 Å². The van der Waals surface area contributed by atoms with Crippen LogP contribution in [0.1, 0.15) is 26.7 Å². The van der Waals surface area contributed by atoms with E-state index in [9.17, 15) is 4.79 Å². The summed E-state index contributed by atoms with van der Waals surface area (Å²) in [6.45, 7) is 4.53. The molecule has 1 aliphatic rings. The van der Waals surface area contributed by atoms with Gasteiger partial charge in [0.05, 0.1) is 12.2 Å². The van der Waals surface area contributed by atoms with Crippen LogP contribution in [-0.4, -0.2) is 18.0 Å². The lowest BCUT2D eigenvalue weighted by Crippen LogP contribution is -2.02. The second-order valence-electron chi connectivity index (χ2n) is 3.29. The van der Waals surface area contributed by atoms with Crippen molar-refractivity contribution in [2.75, 3.05) is 6.61 Å². The van der Waals surface area contributed by atoms with Crippen LogP contribution in [0.2, 0.25) is 0 Å². The maximum atomic E-state index is 10.5. The molecular formula is C9H14O2. The first-order valence-corrected chi connectivity index (χ1v) is 3.93. The van der Waals surface area contributed by atoms with Crippen molar-refractivity contribution in [2.24, 2.45) is 0 Å². The molecule has 1 heterocycles. The molecule has 2 nitrogen and oxygen atoms in total. The molecule has 0 saturated carbocycles. The Kier molecular flexibility index (Phi) is 2.45. The fourth-order valence-corrected chi connectivity index (χ4v) is 0.905. The Bertz CT molecular complexity index is 178. The zero-order valence-electron chi connectivity index (χ0n) is 7.09. The van der Waals surface area contributed by atoms with Gasteiger partial charge in [-0.3, -0.25) is 4.79 Å². The van der Waals surface area contributed by atoms with Crippen LogP contribution in [0.4, 0.5) is 0 Å². The van der Waals surface area contributed by atoms with Crippen molar-refractivity contribution < 1.29 is 9.53 Å². The van der Waals surface area contributed by atoms with Gasteiger partial charge in [0.2, 0.25) is 0 Å². The Morgan fingerprint density at radius 3 is 2.82 bits per heavy atom. The van der Waals surface area contributed by atoms with E-state index < -0.39 is 0 Å². The van der Waals surface area contributed by atoms with Gasteiger partial charge in [-0.25, -0.2) is 0 Å². The molecule has 1 saturated heterocycles. The second kappa shape index (κ2) is 3.18. The van der Waals surface area contributed by atoms with Gasteiger partial charge < -0.3 is 4.74 Å². The van der Waals surface area contributed by atoms with E-state index in [1.54, 1.807) is 13.0 Å². The zero-order valence-corrected chi connectivity index (χ0v) is 7.09. The van der Waals surface area contributed by atoms with Crippen molar-refractivity contribution in [3.63, 3.8) is 0 Å². The number of epoxide rings is 1. The largest absolute Gasteiger partial charge is 0.370 e. The van der Waals surface area contributed by atoms with Crippen LogP contribution in [-0.2, 0) is 9.53 Å². The van der Waals surface area contributed by atoms with Crippen LogP contribution in [0.25, 0.3) is 0 Å². The molecule has 0 N–H and O–H groups in total. The van der Waals surface area contributed by atoms with Gasteiger partial charge in [-0.1, -0.05) is 6.08 Å². The number of ketones is 1. The van der Waals surface area contributed by atoms with Crippen LogP contribution >= 0.6 is 0 Å². The Morgan fingerprint density at radius 2 is 2.36 bits per heavy atom. The summed E-state index contributed by atoms with van der Waals surface area (Å²) >= 11 is 0. The van der Waals surface area contributed by atoms with Gasteiger partial charge in [-0.2, -0.15) is 0 Å². The van der Waals surface area contributed by atoms with Crippen LogP contribution < -0.4 is 0 Å². The van der Waals surface area contributed by atoms with Gasteiger partial charge in [0.15, 0.2) is 5.78 Å². The molecule has 1 aliphatic heterocycles. The van der Waals surface area contributed by atoms with E-state index in [1.807, 2.05) is 6.08 Å². The Morgan fingerprint density at radius 1 is 1.73 bits per heavy atom. The number of hydrogen-bond donors (Lipinski definition) is 0. The quantitative estimate of drug-likeness (QED) is 0.455. The first-order chi connectivity index (χ1) is 5.12. The summed E-state index contributed by atoms with van der Waals surface area (Å²) in [6.07, 6.45) is 5.49. The summed E-state index contributed by atoms with van der Waals surface area (Å²) in [5.74, 6) is 0.117. The van der Waals surface area contributed by atoms with Gasteiger partial charge in [-0.05, 0) is 32.8 Å². The third-order valence-corrected chi connectivity index (χ3v) is 1.83. The molecule has 1 rings (SSSR count). The molecule has 1 fully saturated rings. The predicted octanol–water partition coefficient (Wildman–Crippen LogP) is 1.70. The second-order valence-corrected chi connectivity index (χ2v) is 3.29. The minimum Gasteiger partial charge on any atom is -0.370 e. The fraction of sp³-hybridized carbons (Fsp3) is 0.667. The number of carbonyl (C=O) groups excluding carboxylic acids is 1. The van der Waals surface area contributed by atoms with Crippen molar-refractivity contribution in [3.05, 3.63) is 12.2 Å². The highest BCUT2D eigenvalue weighted by atomic mass is 16.6. The van der Waals surface area contributed by atoms with E-state index in [4.69, 9.17) is 4.74 Å². The van der Waals surface area contributed by atoms with Gasteiger partial charge >= 0.3 is 0 Å². The van der Waals surface area contributed by atoms with E-state index in [1.165, 1.54) is 0 Å². The van der Waals surface area contributed by atoms with Crippen molar-refractivity contribution in [3.8, 4) is 0 Å². The van der Waals surface area contributed by atoms with Crippen molar-refractivity contribution in [1.82, 2.24) is 0 Å². The van der Waals surface area contributed by atoms with Crippen LogP contribution in [0.5, 0.6) is 0 Å². The smallest absolute Gasteiger partial charge is 0.152 e. The monoisotopic (exact) mass is 154 g/mol. The number of allylic oxidation sites excluding steroid dienone is 2. The first kappa shape index (κ1) is 8.47. The molecule has 0 radical (unpaired) electrons. The Balaban J connectivity index is 2.08. The molecule has 0 aromatic rings. The molecule has 0 aliphatic carbocycles. The molecule has 2 heteroatoms. The first-order valence-electron chi connectivity index (χ1n) is 3.93. The van der Waals surface area contributed by atoms with Crippen LogP contribution in [0.3, 0.4) is 0 Å². The zero-order chi connectivity index (χ0) is 8.32. The lowest BCUT2D eigenvalue weighted by Gasteiger charge is -1.98. The highest BCUT2D eigenvalue weighted by molar-refractivity contribution is 5.87. The molecule has 0 spiro atoms. The summed E-state index contributed by atoms with van der Waals surface area (Å²) < 4.78 is 5.18. The van der Waals surface area contributed by atoms with Gasteiger partial charge in [0.25, 0.3) is 0 Å². The van der Waals surface area contributed by atoms with Crippen molar-refractivity contribution >= 4 is 5.78 Å².